The number of oxazole rings is 1. The number of nitrogens with zero attached hydrogens (tertiary/aromatic N) is 2. The number of amides is 2. The van der Waals surface area contributed by atoms with Crippen LogP contribution in [-0.4, -0.2) is 39.5 Å². The molecule has 7 heteroatoms. The van der Waals surface area contributed by atoms with Crippen LogP contribution in [0.2, 0.25) is 0 Å². The van der Waals surface area contributed by atoms with Crippen LogP contribution in [0.1, 0.15) is 56.9 Å². The van der Waals surface area contributed by atoms with Crippen molar-refractivity contribution in [1.29, 1.82) is 0 Å². The Morgan fingerprint density at radius 1 is 1.18 bits per heavy atom. The third kappa shape index (κ3) is 6.41. The van der Waals surface area contributed by atoms with E-state index >= 15 is 0 Å². The summed E-state index contributed by atoms with van der Waals surface area (Å²) in [6.45, 7) is 8.23. The molecule has 0 aliphatic carbocycles. The molecule has 2 aromatic rings. The molecule has 1 N–H and O–H groups in total. The number of hydrogen-bond acceptors (Lipinski definition) is 5. The van der Waals surface area contributed by atoms with Gasteiger partial charge in [0.2, 0.25) is 11.8 Å². The Kier molecular flexibility index (Phi) is 8.57. The molecule has 0 aliphatic rings. The van der Waals surface area contributed by atoms with Crippen LogP contribution in [0.4, 0.5) is 0 Å². The Bertz CT molecular complexity index is 763. The van der Waals surface area contributed by atoms with Gasteiger partial charge in [0.25, 0.3) is 5.91 Å². The number of aromatic nitrogens is 1. The average molecular weight is 404 g/mol. The van der Waals surface area contributed by atoms with Crippen molar-refractivity contribution in [3.63, 3.8) is 0 Å². The van der Waals surface area contributed by atoms with Gasteiger partial charge in [-0.1, -0.05) is 32.0 Å². The van der Waals surface area contributed by atoms with Crippen LogP contribution in [-0.2, 0) is 11.3 Å². The van der Waals surface area contributed by atoms with Gasteiger partial charge in [-0.3, -0.25) is 9.59 Å². The molecule has 2 unspecified atom stereocenters. The standard InChI is InChI=1S/C21H29N3O3S/c1-5-15(3)22-21(26)18-13-27-19(23-18)12-24(16(4)6-2)20(25)14-28-17-10-8-7-9-11-17/h7-11,13,15-16H,5-6,12,14H2,1-4H3,(H,22,26). The maximum atomic E-state index is 12.8. The fraction of sp³-hybridized carbons (Fsp3) is 0.476. The quantitative estimate of drug-likeness (QED) is 0.604. The molecule has 152 valence electrons. The van der Waals surface area contributed by atoms with Gasteiger partial charge in [0.05, 0.1) is 12.3 Å². The molecule has 1 heterocycles. The zero-order valence-corrected chi connectivity index (χ0v) is 17.8. The zero-order valence-electron chi connectivity index (χ0n) is 17.0. The lowest BCUT2D eigenvalue weighted by atomic mass is 10.2. The largest absolute Gasteiger partial charge is 0.446 e. The minimum absolute atomic E-state index is 0.0204. The van der Waals surface area contributed by atoms with Gasteiger partial charge in [0, 0.05) is 17.0 Å². The molecule has 28 heavy (non-hydrogen) atoms. The summed E-state index contributed by atoms with van der Waals surface area (Å²) in [5, 5.41) is 2.86. The topological polar surface area (TPSA) is 75.4 Å². The molecule has 1 aromatic carbocycles. The van der Waals surface area contributed by atoms with Crippen molar-refractivity contribution < 1.29 is 14.0 Å². The first-order chi connectivity index (χ1) is 13.4. The van der Waals surface area contributed by atoms with Gasteiger partial charge in [0.15, 0.2) is 5.69 Å². The Morgan fingerprint density at radius 3 is 2.54 bits per heavy atom. The average Bonchev–Trinajstić information content (AvgIpc) is 3.19. The van der Waals surface area contributed by atoms with E-state index < -0.39 is 0 Å². The highest BCUT2D eigenvalue weighted by atomic mass is 32.2. The highest BCUT2D eigenvalue weighted by Crippen LogP contribution is 2.19. The van der Waals surface area contributed by atoms with Gasteiger partial charge in [-0.25, -0.2) is 4.98 Å². The number of hydrogen-bond donors (Lipinski definition) is 1. The minimum Gasteiger partial charge on any atom is -0.446 e. The lowest BCUT2D eigenvalue weighted by Gasteiger charge is -2.27. The van der Waals surface area contributed by atoms with Crippen LogP contribution in [0.3, 0.4) is 0 Å². The molecule has 2 amide bonds. The van der Waals surface area contributed by atoms with Crippen molar-refractivity contribution in [1.82, 2.24) is 15.2 Å². The van der Waals surface area contributed by atoms with E-state index in [2.05, 4.69) is 10.3 Å². The minimum atomic E-state index is -0.259. The molecule has 0 radical (unpaired) electrons. The van der Waals surface area contributed by atoms with Crippen molar-refractivity contribution in [3.05, 3.63) is 48.2 Å². The maximum absolute atomic E-state index is 12.8. The number of nitrogens with one attached hydrogen (secondary N) is 1. The summed E-state index contributed by atoms with van der Waals surface area (Å²) in [5.41, 5.74) is 0.241. The third-order valence-electron chi connectivity index (χ3n) is 4.63. The summed E-state index contributed by atoms with van der Waals surface area (Å²) in [7, 11) is 0. The summed E-state index contributed by atoms with van der Waals surface area (Å²) in [6.07, 6.45) is 3.01. The van der Waals surface area contributed by atoms with Crippen LogP contribution in [0, 0.1) is 0 Å². The normalized spacial score (nSPS) is 13.0. The van der Waals surface area contributed by atoms with Crippen molar-refractivity contribution in [2.45, 2.75) is 64.1 Å². The smallest absolute Gasteiger partial charge is 0.273 e. The van der Waals surface area contributed by atoms with E-state index in [9.17, 15) is 9.59 Å². The molecular weight excluding hydrogens is 374 g/mol. The molecular formula is C21H29N3O3S. The molecule has 0 aliphatic heterocycles. The summed E-state index contributed by atoms with van der Waals surface area (Å²) >= 11 is 1.51. The maximum Gasteiger partial charge on any atom is 0.273 e. The Morgan fingerprint density at radius 2 is 1.89 bits per heavy atom. The lowest BCUT2D eigenvalue weighted by Crippen LogP contribution is -2.39. The summed E-state index contributed by atoms with van der Waals surface area (Å²) in [5.74, 6) is 0.473. The van der Waals surface area contributed by atoms with E-state index in [-0.39, 0.29) is 36.1 Å². The number of carbonyl (C=O) groups is 2. The van der Waals surface area contributed by atoms with Crippen molar-refractivity contribution >= 4 is 23.6 Å². The van der Waals surface area contributed by atoms with E-state index in [4.69, 9.17) is 4.42 Å². The van der Waals surface area contributed by atoms with Gasteiger partial charge in [-0.05, 0) is 38.8 Å². The number of benzene rings is 1. The van der Waals surface area contributed by atoms with Gasteiger partial charge in [0.1, 0.15) is 6.26 Å². The second kappa shape index (κ2) is 10.9. The van der Waals surface area contributed by atoms with Crippen molar-refractivity contribution in [2.75, 3.05) is 5.75 Å². The van der Waals surface area contributed by atoms with E-state index in [1.54, 1.807) is 4.90 Å². The summed E-state index contributed by atoms with van der Waals surface area (Å²) < 4.78 is 5.47. The molecule has 1 aromatic heterocycles. The third-order valence-corrected chi connectivity index (χ3v) is 5.63. The second-order valence-electron chi connectivity index (χ2n) is 6.79. The number of thioether (sulfide) groups is 1. The van der Waals surface area contributed by atoms with Crippen LogP contribution in [0.5, 0.6) is 0 Å². The van der Waals surface area contributed by atoms with Crippen LogP contribution in [0.25, 0.3) is 0 Å². The van der Waals surface area contributed by atoms with Crippen LogP contribution < -0.4 is 5.32 Å². The lowest BCUT2D eigenvalue weighted by molar-refractivity contribution is -0.131. The molecule has 0 saturated heterocycles. The predicted octanol–water partition coefficient (Wildman–Crippen LogP) is 4.12. The van der Waals surface area contributed by atoms with Gasteiger partial charge >= 0.3 is 0 Å². The first kappa shape index (κ1) is 22.0. The fourth-order valence-corrected chi connectivity index (χ4v) is 3.29. The van der Waals surface area contributed by atoms with Crippen molar-refractivity contribution in [2.24, 2.45) is 0 Å². The van der Waals surface area contributed by atoms with Gasteiger partial charge in [-0.2, -0.15) is 0 Å². The fourth-order valence-electron chi connectivity index (χ4n) is 2.49. The van der Waals surface area contributed by atoms with Gasteiger partial charge < -0.3 is 14.6 Å². The monoisotopic (exact) mass is 403 g/mol. The molecule has 2 rings (SSSR count). The summed E-state index contributed by atoms with van der Waals surface area (Å²) in [6, 6.07) is 9.96. The van der Waals surface area contributed by atoms with E-state index in [0.29, 0.717) is 11.6 Å². The first-order valence-electron chi connectivity index (χ1n) is 9.67. The van der Waals surface area contributed by atoms with Crippen molar-refractivity contribution in [3.8, 4) is 0 Å². The van der Waals surface area contributed by atoms with E-state index in [1.807, 2.05) is 58.0 Å². The van der Waals surface area contributed by atoms with Gasteiger partial charge in [-0.15, -0.1) is 11.8 Å². The summed E-state index contributed by atoms with van der Waals surface area (Å²) in [4.78, 5) is 32.1. The Hall–Kier alpha value is -2.28. The molecule has 2 atom stereocenters. The van der Waals surface area contributed by atoms with Crippen LogP contribution in [0.15, 0.2) is 45.9 Å². The predicted molar refractivity (Wildman–Crippen MR) is 111 cm³/mol. The first-order valence-corrected chi connectivity index (χ1v) is 10.7. The second-order valence-corrected chi connectivity index (χ2v) is 7.84. The Balaban J connectivity index is 2.01. The number of rotatable bonds is 10. The Labute approximate surface area is 171 Å². The highest BCUT2D eigenvalue weighted by Gasteiger charge is 2.22. The number of carbonyl (C=O) groups excluding carboxylic acids is 2. The van der Waals surface area contributed by atoms with E-state index in [0.717, 1.165) is 17.7 Å². The molecule has 0 saturated carbocycles. The zero-order chi connectivity index (χ0) is 20.5. The molecule has 0 bridgehead atoms. The molecule has 0 spiro atoms. The van der Waals surface area contributed by atoms with E-state index in [1.165, 1.54) is 18.0 Å². The highest BCUT2D eigenvalue weighted by molar-refractivity contribution is 8.00. The molecule has 0 fully saturated rings. The molecule has 6 nitrogen and oxygen atoms in total. The SMILES string of the molecule is CCC(C)NC(=O)c1coc(CN(C(=O)CSc2ccccc2)C(C)CC)n1. The van der Waals surface area contributed by atoms with Crippen LogP contribution >= 0.6 is 11.8 Å².